The van der Waals surface area contributed by atoms with Crippen molar-refractivity contribution in [2.24, 2.45) is 4.99 Å². The first-order valence-corrected chi connectivity index (χ1v) is 3.42. The molecule has 0 spiro atoms. The Morgan fingerprint density at radius 2 is 1.80 bits per heavy atom. The molecule has 1 nitrogen and oxygen atoms in total. The van der Waals surface area contributed by atoms with Crippen molar-refractivity contribution in [3.8, 4) is 0 Å². The molecule has 0 N–H and O–H groups in total. The fourth-order valence-corrected chi connectivity index (χ4v) is 0.583. The maximum atomic E-state index is 4.20. The van der Waals surface area contributed by atoms with Crippen molar-refractivity contribution in [3.05, 3.63) is 23.9 Å². The zero-order valence-corrected chi connectivity index (χ0v) is 7.23. The second kappa shape index (κ2) is 4.04. The standard InChI is InChI=1S/C9H15N/c1-6-8(4)9(5)10-7(2)3/h6H,2H2,1,3-5H3/b8-6-,10-9?. The molecule has 0 amide bonds. The minimum Gasteiger partial charge on any atom is -0.259 e. The lowest BCUT2D eigenvalue weighted by Gasteiger charge is -1.97. The number of rotatable bonds is 2. The van der Waals surface area contributed by atoms with Crippen LogP contribution in [0.3, 0.4) is 0 Å². The molecule has 0 aliphatic rings. The van der Waals surface area contributed by atoms with E-state index in [2.05, 4.69) is 11.6 Å². The van der Waals surface area contributed by atoms with Crippen LogP contribution in [0.2, 0.25) is 0 Å². The number of hydrogen-bond donors (Lipinski definition) is 0. The van der Waals surface area contributed by atoms with E-state index >= 15 is 0 Å². The molecule has 0 rings (SSSR count). The summed E-state index contributed by atoms with van der Waals surface area (Å²) in [4.78, 5) is 4.20. The smallest absolute Gasteiger partial charge is 0.0401 e. The summed E-state index contributed by atoms with van der Waals surface area (Å²) >= 11 is 0. The van der Waals surface area contributed by atoms with Crippen LogP contribution in [0.5, 0.6) is 0 Å². The SMILES string of the molecule is C=C(C)N=C(C)/C(C)=C\C. The van der Waals surface area contributed by atoms with Gasteiger partial charge in [-0.15, -0.1) is 0 Å². The van der Waals surface area contributed by atoms with Crippen LogP contribution >= 0.6 is 0 Å². The van der Waals surface area contributed by atoms with Crippen molar-refractivity contribution >= 4 is 5.71 Å². The van der Waals surface area contributed by atoms with Gasteiger partial charge in [-0.2, -0.15) is 0 Å². The van der Waals surface area contributed by atoms with E-state index in [1.807, 2.05) is 33.8 Å². The molecular formula is C9H15N. The van der Waals surface area contributed by atoms with Gasteiger partial charge in [-0.3, -0.25) is 4.99 Å². The van der Waals surface area contributed by atoms with Crippen molar-refractivity contribution < 1.29 is 0 Å². The Kier molecular flexibility index (Phi) is 3.70. The minimum atomic E-state index is 0.860. The molecule has 0 aromatic heterocycles. The van der Waals surface area contributed by atoms with Crippen LogP contribution in [0.4, 0.5) is 0 Å². The van der Waals surface area contributed by atoms with E-state index in [0.29, 0.717) is 0 Å². The monoisotopic (exact) mass is 137 g/mol. The molecule has 0 aromatic rings. The second-order valence-electron chi connectivity index (χ2n) is 2.40. The van der Waals surface area contributed by atoms with E-state index in [-0.39, 0.29) is 0 Å². The molecule has 0 heterocycles. The van der Waals surface area contributed by atoms with Crippen molar-refractivity contribution in [2.75, 3.05) is 0 Å². The van der Waals surface area contributed by atoms with Crippen LogP contribution in [-0.2, 0) is 0 Å². The van der Waals surface area contributed by atoms with Gasteiger partial charge in [0.1, 0.15) is 0 Å². The lowest BCUT2D eigenvalue weighted by molar-refractivity contribution is 1.30. The van der Waals surface area contributed by atoms with E-state index in [4.69, 9.17) is 0 Å². The molecule has 0 atom stereocenters. The maximum Gasteiger partial charge on any atom is 0.0401 e. The predicted octanol–water partition coefficient (Wildman–Crippen LogP) is 2.95. The molecule has 0 bridgehead atoms. The molecule has 0 saturated heterocycles. The molecule has 0 radical (unpaired) electrons. The summed E-state index contributed by atoms with van der Waals surface area (Å²) < 4.78 is 0. The Balaban J connectivity index is 4.35. The van der Waals surface area contributed by atoms with Gasteiger partial charge in [0.05, 0.1) is 0 Å². The summed E-state index contributed by atoms with van der Waals surface area (Å²) in [6, 6.07) is 0. The highest BCUT2D eigenvalue weighted by Gasteiger charge is 1.90. The van der Waals surface area contributed by atoms with Crippen molar-refractivity contribution in [3.63, 3.8) is 0 Å². The summed E-state index contributed by atoms with van der Waals surface area (Å²) in [5, 5.41) is 0. The minimum absolute atomic E-state index is 0.860. The summed E-state index contributed by atoms with van der Waals surface area (Å²) in [5.41, 5.74) is 3.12. The largest absolute Gasteiger partial charge is 0.259 e. The number of aliphatic imine (C=N–C) groups is 1. The van der Waals surface area contributed by atoms with Gasteiger partial charge < -0.3 is 0 Å². The Bertz CT molecular complexity index is 185. The number of allylic oxidation sites excluding steroid dienone is 3. The molecule has 1 heteroatoms. The zero-order valence-electron chi connectivity index (χ0n) is 7.23. The predicted molar refractivity (Wildman–Crippen MR) is 47.4 cm³/mol. The summed E-state index contributed by atoms with van der Waals surface area (Å²) in [5.74, 6) is 0. The normalized spacial score (nSPS) is 13.6. The lowest BCUT2D eigenvalue weighted by atomic mass is 10.2. The van der Waals surface area contributed by atoms with E-state index in [1.54, 1.807) is 0 Å². The van der Waals surface area contributed by atoms with Crippen molar-refractivity contribution in [1.29, 1.82) is 0 Å². The summed E-state index contributed by atoms with van der Waals surface area (Å²) in [6.07, 6.45) is 2.04. The van der Waals surface area contributed by atoms with Crippen molar-refractivity contribution in [2.45, 2.75) is 27.7 Å². The first kappa shape index (κ1) is 9.15. The van der Waals surface area contributed by atoms with Crippen LogP contribution in [0.15, 0.2) is 28.9 Å². The second-order valence-corrected chi connectivity index (χ2v) is 2.40. The fraction of sp³-hybridized carbons (Fsp3) is 0.444. The molecule has 0 aromatic carbocycles. The van der Waals surface area contributed by atoms with E-state index < -0.39 is 0 Å². The number of nitrogens with zero attached hydrogens (tertiary/aromatic N) is 1. The van der Waals surface area contributed by atoms with Crippen molar-refractivity contribution in [1.82, 2.24) is 0 Å². The maximum absolute atomic E-state index is 4.20. The fourth-order valence-electron chi connectivity index (χ4n) is 0.583. The Morgan fingerprint density at radius 1 is 1.30 bits per heavy atom. The van der Waals surface area contributed by atoms with E-state index in [0.717, 1.165) is 11.4 Å². The van der Waals surface area contributed by atoms with E-state index in [1.165, 1.54) is 5.57 Å². The average molecular weight is 137 g/mol. The quantitative estimate of drug-likeness (QED) is 0.519. The highest BCUT2D eigenvalue weighted by Crippen LogP contribution is 1.99. The Labute approximate surface area is 63.2 Å². The lowest BCUT2D eigenvalue weighted by Crippen LogP contribution is -1.92. The van der Waals surface area contributed by atoms with Crippen LogP contribution in [-0.4, -0.2) is 5.71 Å². The highest BCUT2D eigenvalue weighted by atomic mass is 14.7. The Morgan fingerprint density at radius 3 is 2.10 bits per heavy atom. The van der Waals surface area contributed by atoms with E-state index in [9.17, 15) is 0 Å². The third-order valence-corrected chi connectivity index (χ3v) is 1.36. The van der Waals surface area contributed by atoms with Gasteiger partial charge in [0.15, 0.2) is 0 Å². The van der Waals surface area contributed by atoms with Gasteiger partial charge in [0, 0.05) is 11.4 Å². The van der Waals surface area contributed by atoms with Gasteiger partial charge in [-0.05, 0) is 33.3 Å². The highest BCUT2D eigenvalue weighted by molar-refractivity contribution is 5.98. The summed E-state index contributed by atoms with van der Waals surface area (Å²) in [6.45, 7) is 11.6. The Hall–Kier alpha value is -0.850. The van der Waals surface area contributed by atoms with Crippen LogP contribution in [0.1, 0.15) is 27.7 Å². The average Bonchev–Trinajstić information content (AvgIpc) is 1.85. The molecule has 0 saturated carbocycles. The summed E-state index contributed by atoms with van der Waals surface area (Å²) in [7, 11) is 0. The van der Waals surface area contributed by atoms with Crippen LogP contribution in [0, 0.1) is 0 Å². The van der Waals surface area contributed by atoms with Gasteiger partial charge in [0.2, 0.25) is 0 Å². The van der Waals surface area contributed by atoms with Crippen LogP contribution in [0.25, 0.3) is 0 Å². The molecule has 0 aliphatic carbocycles. The topological polar surface area (TPSA) is 12.4 Å². The van der Waals surface area contributed by atoms with Crippen LogP contribution < -0.4 is 0 Å². The molecule has 0 aliphatic heterocycles. The molecular weight excluding hydrogens is 122 g/mol. The van der Waals surface area contributed by atoms with Gasteiger partial charge in [0.25, 0.3) is 0 Å². The molecule has 56 valence electrons. The molecule has 0 unspecified atom stereocenters. The first-order chi connectivity index (χ1) is 4.57. The van der Waals surface area contributed by atoms with Gasteiger partial charge >= 0.3 is 0 Å². The zero-order chi connectivity index (χ0) is 8.15. The van der Waals surface area contributed by atoms with Gasteiger partial charge in [-0.25, -0.2) is 0 Å². The molecule has 0 fully saturated rings. The third-order valence-electron chi connectivity index (χ3n) is 1.36. The third kappa shape index (κ3) is 3.23. The molecule has 10 heavy (non-hydrogen) atoms. The van der Waals surface area contributed by atoms with Gasteiger partial charge in [-0.1, -0.05) is 12.7 Å². The first-order valence-electron chi connectivity index (χ1n) is 3.42. The number of hydrogen-bond acceptors (Lipinski definition) is 1.